The molecular weight excluding hydrogens is 188 g/mol. The molecule has 0 radical (unpaired) electrons. The first-order valence-electron chi connectivity index (χ1n) is 5.57. The van der Waals surface area contributed by atoms with Crippen LogP contribution < -0.4 is 10.1 Å². The van der Waals surface area contributed by atoms with Crippen LogP contribution in [-0.4, -0.2) is 18.1 Å². The Hall–Kier alpha value is -1.25. The number of hydrogen-bond donors (Lipinski definition) is 1. The molecule has 84 valence electrons. The topological polar surface area (TPSA) is 34.2 Å². The van der Waals surface area contributed by atoms with Crippen molar-refractivity contribution in [1.82, 2.24) is 4.98 Å². The van der Waals surface area contributed by atoms with Crippen LogP contribution in [0.4, 0.5) is 5.69 Å². The van der Waals surface area contributed by atoms with E-state index in [0.717, 1.165) is 12.1 Å². The molecule has 1 N–H and O–H groups in total. The Kier molecular flexibility index (Phi) is 4.95. The van der Waals surface area contributed by atoms with Gasteiger partial charge in [0.2, 0.25) is 5.88 Å². The van der Waals surface area contributed by atoms with Crippen LogP contribution in [0.5, 0.6) is 5.88 Å². The summed E-state index contributed by atoms with van der Waals surface area (Å²) in [5.41, 5.74) is 0.986. The van der Waals surface area contributed by atoms with E-state index in [1.54, 1.807) is 13.3 Å². The molecule has 1 heterocycles. The van der Waals surface area contributed by atoms with Gasteiger partial charge in [-0.2, -0.15) is 0 Å². The minimum atomic E-state index is 0.507. The molecule has 0 spiro atoms. The van der Waals surface area contributed by atoms with E-state index in [9.17, 15) is 0 Å². The minimum Gasteiger partial charge on any atom is -0.480 e. The lowest BCUT2D eigenvalue weighted by Gasteiger charge is -2.18. The monoisotopic (exact) mass is 208 g/mol. The Morgan fingerprint density at radius 2 is 2.27 bits per heavy atom. The Labute approximate surface area is 91.9 Å². The second-order valence-electron chi connectivity index (χ2n) is 3.60. The molecule has 0 aliphatic rings. The van der Waals surface area contributed by atoms with Gasteiger partial charge >= 0.3 is 0 Å². The third-order valence-corrected chi connectivity index (χ3v) is 2.45. The molecule has 15 heavy (non-hydrogen) atoms. The van der Waals surface area contributed by atoms with E-state index in [4.69, 9.17) is 4.74 Å². The molecule has 0 bridgehead atoms. The van der Waals surface area contributed by atoms with Crippen molar-refractivity contribution in [3.05, 3.63) is 18.3 Å². The van der Waals surface area contributed by atoms with E-state index < -0.39 is 0 Å². The maximum absolute atomic E-state index is 5.20. The minimum absolute atomic E-state index is 0.507. The molecule has 1 rings (SSSR count). The lowest BCUT2D eigenvalue weighted by molar-refractivity contribution is 0.399. The van der Waals surface area contributed by atoms with Crippen LogP contribution in [0.2, 0.25) is 0 Å². The third kappa shape index (κ3) is 3.42. The summed E-state index contributed by atoms with van der Waals surface area (Å²) in [6.07, 6.45) is 5.22. The molecule has 1 aromatic rings. The number of aromatic nitrogens is 1. The van der Waals surface area contributed by atoms with Gasteiger partial charge in [0.25, 0.3) is 0 Å². The third-order valence-electron chi connectivity index (χ3n) is 2.45. The summed E-state index contributed by atoms with van der Waals surface area (Å²) in [6, 6.07) is 4.43. The lowest BCUT2D eigenvalue weighted by Crippen LogP contribution is -2.18. The zero-order valence-corrected chi connectivity index (χ0v) is 9.79. The van der Waals surface area contributed by atoms with Crippen LogP contribution >= 0.6 is 0 Å². The summed E-state index contributed by atoms with van der Waals surface area (Å²) in [5.74, 6) is 0.673. The largest absolute Gasteiger partial charge is 0.480 e. The van der Waals surface area contributed by atoms with Crippen molar-refractivity contribution < 1.29 is 4.74 Å². The summed E-state index contributed by atoms with van der Waals surface area (Å²) in [6.45, 7) is 4.39. The molecule has 0 aromatic carbocycles. The number of hydrogen-bond acceptors (Lipinski definition) is 3. The van der Waals surface area contributed by atoms with Gasteiger partial charge in [-0.25, -0.2) is 4.98 Å². The molecule has 0 saturated carbocycles. The van der Waals surface area contributed by atoms with E-state index >= 15 is 0 Å². The van der Waals surface area contributed by atoms with E-state index in [1.807, 2.05) is 12.1 Å². The van der Waals surface area contributed by atoms with Gasteiger partial charge in [0, 0.05) is 12.2 Å². The fourth-order valence-corrected chi connectivity index (χ4v) is 1.61. The van der Waals surface area contributed by atoms with Crippen molar-refractivity contribution in [2.45, 2.75) is 39.2 Å². The number of methoxy groups -OCH3 is 1. The predicted molar refractivity (Wildman–Crippen MR) is 63.4 cm³/mol. The molecule has 3 nitrogen and oxygen atoms in total. The predicted octanol–water partition coefficient (Wildman–Crippen LogP) is 3.08. The Morgan fingerprint density at radius 3 is 2.87 bits per heavy atom. The van der Waals surface area contributed by atoms with Crippen LogP contribution in [-0.2, 0) is 0 Å². The average Bonchev–Trinajstić information content (AvgIpc) is 2.29. The molecular formula is C12H20N2O. The zero-order chi connectivity index (χ0) is 11.1. The summed E-state index contributed by atoms with van der Waals surface area (Å²) in [5, 5.41) is 3.46. The highest BCUT2D eigenvalue weighted by atomic mass is 16.5. The van der Waals surface area contributed by atoms with Crippen molar-refractivity contribution in [3.8, 4) is 5.88 Å². The second kappa shape index (κ2) is 6.27. The summed E-state index contributed by atoms with van der Waals surface area (Å²) >= 11 is 0. The van der Waals surface area contributed by atoms with Gasteiger partial charge in [-0.15, -0.1) is 0 Å². The molecule has 1 unspecified atom stereocenters. The number of nitrogens with one attached hydrogen (secondary N) is 1. The fraction of sp³-hybridized carbons (Fsp3) is 0.583. The molecule has 0 fully saturated rings. The second-order valence-corrected chi connectivity index (χ2v) is 3.60. The molecule has 1 atom stereocenters. The Morgan fingerprint density at radius 1 is 1.47 bits per heavy atom. The molecule has 0 amide bonds. The van der Waals surface area contributed by atoms with Crippen molar-refractivity contribution in [2.24, 2.45) is 0 Å². The van der Waals surface area contributed by atoms with E-state index in [1.165, 1.54) is 12.8 Å². The maximum Gasteiger partial charge on any atom is 0.237 e. The number of anilines is 1. The molecule has 0 saturated heterocycles. The van der Waals surface area contributed by atoms with Gasteiger partial charge in [-0.3, -0.25) is 0 Å². The number of nitrogens with zero attached hydrogens (tertiary/aromatic N) is 1. The van der Waals surface area contributed by atoms with Crippen molar-refractivity contribution in [2.75, 3.05) is 12.4 Å². The van der Waals surface area contributed by atoms with Crippen molar-refractivity contribution in [3.63, 3.8) is 0 Å². The Bertz CT molecular complexity index is 289. The number of pyridine rings is 1. The standard InChI is InChI=1S/C12H20N2O/c1-4-7-10(5-2)14-11-8-6-9-13-12(11)15-3/h6,8-10,14H,4-5,7H2,1-3H3. The van der Waals surface area contributed by atoms with Gasteiger partial charge in [0.05, 0.1) is 12.8 Å². The van der Waals surface area contributed by atoms with Gasteiger partial charge in [-0.1, -0.05) is 20.3 Å². The highest BCUT2D eigenvalue weighted by molar-refractivity contribution is 5.52. The van der Waals surface area contributed by atoms with Crippen LogP contribution in [0.3, 0.4) is 0 Å². The quantitative estimate of drug-likeness (QED) is 0.780. The SMILES string of the molecule is CCCC(CC)Nc1cccnc1OC. The Balaban J connectivity index is 2.69. The van der Waals surface area contributed by atoms with E-state index in [0.29, 0.717) is 11.9 Å². The average molecular weight is 208 g/mol. The zero-order valence-electron chi connectivity index (χ0n) is 9.79. The fourth-order valence-electron chi connectivity index (χ4n) is 1.61. The van der Waals surface area contributed by atoms with E-state index in [2.05, 4.69) is 24.1 Å². The number of ether oxygens (including phenoxy) is 1. The van der Waals surface area contributed by atoms with Crippen LogP contribution in [0.1, 0.15) is 33.1 Å². The first-order valence-corrected chi connectivity index (χ1v) is 5.57. The van der Waals surface area contributed by atoms with Crippen LogP contribution in [0, 0.1) is 0 Å². The molecule has 1 aromatic heterocycles. The molecule has 3 heteroatoms. The first kappa shape index (κ1) is 11.8. The van der Waals surface area contributed by atoms with Gasteiger partial charge < -0.3 is 10.1 Å². The summed E-state index contributed by atoms with van der Waals surface area (Å²) < 4.78 is 5.20. The van der Waals surface area contributed by atoms with Crippen LogP contribution in [0.25, 0.3) is 0 Å². The van der Waals surface area contributed by atoms with Crippen LogP contribution in [0.15, 0.2) is 18.3 Å². The smallest absolute Gasteiger partial charge is 0.237 e. The van der Waals surface area contributed by atoms with Gasteiger partial charge in [-0.05, 0) is 25.0 Å². The van der Waals surface area contributed by atoms with E-state index in [-0.39, 0.29) is 0 Å². The first-order chi connectivity index (χ1) is 7.31. The summed E-state index contributed by atoms with van der Waals surface area (Å²) in [7, 11) is 1.65. The lowest BCUT2D eigenvalue weighted by atomic mass is 10.1. The summed E-state index contributed by atoms with van der Waals surface area (Å²) in [4.78, 5) is 4.16. The van der Waals surface area contributed by atoms with Gasteiger partial charge in [0.1, 0.15) is 0 Å². The maximum atomic E-state index is 5.20. The molecule has 0 aliphatic heterocycles. The normalized spacial score (nSPS) is 12.2. The van der Waals surface area contributed by atoms with Crippen molar-refractivity contribution >= 4 is 5.69 Å². The van der Waals surface area contributed by atoms with Crippen molar-refractivity contribution in [1.29, 1.82) is 0 Å². The molecule has 0 aliphatic carbocycles. The highest BCUT2D eigenvalue weighted by Gasteiger charge is 2.08. The highest BCUT2D eigenvalue weighted by Crippen LogP contribution is 2.22. The van der Waals surface area contributed by atoms with Gasteiger partial charge in [0.15, 0.2) is 0 Å². The number of rotatable bonds is 6.